The lowest BCUT2D eigenvalue weighted by Gasteiger charge is -2.35. The predicted octanol–water partition coefficient (Wildman–Crippen LogP) is 3.81. The first-order chi connectivity index (χ1) is 11.5. The summed E-state index contributed by atoms with van der Waals surface area (Å²) in [5.41, 5.74) is 1.34. The summed E-state index contributed by atoms with van der Waals surface area (Å²) in [5.74, 6) is 0.0245. The number of hydrogen-bond donors (Lipinski definition) is 0. The van der Waals surface area contributed by atoms with E-state index >= 15 is 0 Å². The lowest BCUT2D eigenvalue weighted by molar-refractivity contribution is 0.0535. The average Bonchev–Trinajstić information content (AvgIpc) is 2.62. The molecule has 2 aromatic rings. The molecule has 0 aliphatic carbocycles. The normalized spacial score (nSPS) is 14.6. The van der Waals surface area contributed by atoms with Gasteiger partial charge in [-0.2, -0.15) is 0 Å². The molecule has 0 bridgehead atoms. The van der Waals surface area contributed by atoms with Crippen molar-refractivity contribution in [3.05, 3.63) is 68.6 Å². The van der Waals surface area contributed by atoms with E-state index < -0.39 is 0 Å². The van der Waals surface area contributed by atoms with Crippen LogP contribution in [0.25, 0.3) is 0 Å². The molecule has 6 heteroatoms. The summed E-state index contributed by atoms with van der Waals surface area (Å²) < 4.78 is 1.90. The fraction of sp³-hybridized carbons (Fsp3) is 0.222. The molecule has 2 aromatic carbocycles. The summed E-state index contributed by atoms with van der Waals surface area (Å²) in [7, 11) is 0. The smallest absolute Gasteiger partial charge is 0.253 e. The summed E-state index contributed by atoms with van der Waals surface area (Å²) in [6.07, 6.45) is 0. The highest BCUT2D eigenvalue weighted by molar-refractivity contribution is 9.10. The summed E-state index contributed by atoms with van der Waals surface area (Å²) >= 11 is 6.74. The SMILES string of the molecule is O=C(c1ccc(Br)cc1)N1CCN(C(=O)c2ccc(Br)cc2)CC1. The molecule has 0 spiro atoms. The van der Waals surface area contributed by atoms with E-state index in [-0.39, 0.29) is 11.8 Å². The number of halogens is 2. The Hall–Kier alpha value is -1.66. The minimum Gasteiger partial charge on any atom is -0.335 e. The van der Waals surface area contributed by atoms with Gasteiger partial charge in [0.05, 0.1) is 0 Å². The van der Waals surface area contributed by atoms with Crippen LogP contribution >= 0.6 is 31.9 Å². The van der Waals surface area contributed by atoms with Gasteiger partial charge in [-0.15, -0.1) is 0 Å². The zero-order chi connectivity index (χ0) is 17.1. The summed E-state index contributed by atoms with van der Waals surface area (Å²) in [6.45, 7) is 2.21. The molecule has 0 unspecified atom stereocenters. The second kappa shape index (κ2) is 7.49. The van der Waals surface area contributed by atoms with Gasteiger partial charge in [-0.1, -0.05) is 31.9 Å². The number of piperazine rings is 1. The van der Waals surface area contributed by atoms with Gasteiger partial charge in [0.1, 0.15) is 0 Å². The molecule has 1 fully saturated rings. The molecule has 24 heavy (non-hydrogen) atoms. The molecule has 0 atom stereocenters. The van der Waals surface area contributed by atoms with E-state index in [1.807, 2.05) is 48.5 Å². The molecule has 0 N–H and O–H groups in total. The maximum atomic E-state index is 12.5. The molecule has 2 amide bonds. The van der Waals surface area contributed by atoms with E-state index in [4.69, 9.17) is 0 Å². The number of hydrogen-bond acceptors (Lipinski definition) is 2. The predicted molar refractivity (Wildman–Crippen MR) is 100 cm³/mol. The van der Waals surface area contributed by atoms with Crippen molar-refractivity contribution in [3.63, 3.8) is 0 Å². The van der Waals surface area contributed by atoms with Crippen LogP contribution in [0.2, 0.25) is 0 Å². The Kier molecular flexibility index (Phi) is 5.36. The van der Waals surface area contributed by atoms with Crippen LogP contribution in [0.3, 0.4) is 0 Å². The third kappa shape index (κ3) is 3.87. The van der Waals surface area contributed by atoms with E-state index in [0.29, 0.717) is 37.3 Å². The number of carbonyl (C=O) groups is 2. The van der Waals surface area contributed by atoms with Crippen LogP contribution in [0.1, 0.15) is 20.7 Å². The molecule has 1 aliphatic rings. The lowest BCUT2D eigenvalue weighted by atomic mass is 10.1. The number of amides is 2. The maximum absolute atomic E-state index is 12.5. The average molecular weight is 452 g/mol. The molecule has 3 rings (SSSR count). The van der Waals surface area contributed by atoms with Gasteiger partial charge in [-0.05, 0) is 48.5 Å². The standard InChI is InChI=1S/C18H16Br2N2O2/c19-15-5-1-13(2-6-15)17(23)21-9-11-22(12-10-21)18(24)14-3-7-16(20)8-4-14/h1-8H,9-12H2. The molecular formula is C18H16Br2N2O2. The second-order valence-electron chi connectivity index (χ2n) is 5.60. The molecule has 1 heterocycles. The first kappa shape index (κ1) is 17.2. The highest BCUT2D eigenvalue weighted by atomic mass is 79.9. The van der Waals surface area contributed by atoms with E-state index in [9.17, 15) is 9.59 Å². The second-order valence-corrected chi connectivity index (χ2v) is 7.43. The summed E-state index contributed by atoms with van der Waals surface area (Å²) in [4.78, 5) is 28.6. The molecule has 1 aliphatic heterocycles. The Labute approximate surface area is 157 Å². The third-order valence-corrected chi connectivity index (χ3v) is 5.09. The van der Waals surface area contributed by atoms with Crippen LogP contribution in [0.15, 0.2) is 57.5 Å². The number of rotatable bonds is 2. The van der Waals surface area contributed by atoms with Crippen molar-refractivity contribution < 1.29 is 9.59 Å². The van der Waals surface area contributed by atoms with Crippen LogP contribution in [-0.4, -0.2) is 47.8 Å². The number of benzene rings is 2. The highest BCUT2D eigenvalue weighted by Gasteiger charge is 2.25. The molecule has 1 saturated heterocycles. The first-order valence-corrected chi connectivity index (χ1v) is 9.23. The number of nitrogens with zero attached hydrogens (tertiary/aromatic N) is 2. The minimum atomic E-state index is 0.0123. The van der Waals surface area contributed by atoms with Gasteiger partial charge >= 0.3 is 0 Å². The Bertz CT molecular complexity index is 671. The van der Waals surface area contributed by atoms with Crippen molar-refractivity contribution in [1.29, 1.82) is 0 Å². The van der Waals surface area contributed by atoms with Crippen molar-refractivity contribution in [3.8, 4) is 0 Å². The van der Waals surface area contributed by atoms with Crippen molar-refractivity contribution in [2.75, 3.05) is 26.2 Å². The summed E-state index contributed by atoms with van der Waals surface area (Å²) in [5, 5.41) is 0. The third-order valence-electron chi connectivity index (χ3n) is 4.04. The topological polar surface area (TPSA) is 40.6 Å². The van der Waals surface area contributed by atoms with E-state index in [2.05, 4.69) is 31.9 Å². The van der Waals surface area contributed by atoms with Gasteiger partial charge in [0, 0.05) is 46.3 Å². The Morgan fingerprint density at radius 1 is 0.625 bits per heavy atom. The van der Waals surface area contributed by atoms with Gasteiger partial charge < -0.3 is 9.80 Å². The van der Waals surface area contributed by atoms with Crippen molar-refractivity contribution >= 4 is 43.7 Å². The van der Waals surface area contributed by atoms with Gasteiger partial charge in [0.15, 0.2) is 0 Å². The highest BCUT2D eigenvalue weighted by Crippen LogP contribution is 2.16. The van der Waals surface area contributed by atoms with Crippen LogP contribution in [0.4, 0.5) is 0 Å². The van der Waals surface area contributed by atoms with E-state index in [1.165, 1.54) is 0 Å². The molecule has 0 radical (unpaired) electrons. The van der Waals surface area contributed by atoms with Crippen LogP contribution in [-0.2, 0) is 0 Å². The Balaban J connectivity index is 1.61. The molecule has 124 valence electrons. The number of carbonyl (C=O) groups excluding carboxylic acids is 2. The quantitative estimate of drug-likeness (QED) is 0.696. The van der Waals surface area contributed by atoms with Gasteiger partial charge in [-0.3, -0.25) is 9.59 Å². The summed E-state index contributed by atoms with van der Waals surface area (Å²) in [6, 6.07) is 14.7. The first-order valence-electron chi connectivity index (χ1n) is 7.64. The van der Waals surface area contributed by atoms with Crippen molar-refractivity contribution in [2.24, 2.45) is 0 Å². The zero-order valence-corrected chi connectivity index (χ0v) is 16.1. The van der Waals surface area contributed by atoms with Crippen molar-refractivity contribution in [1.82, 2.24) is 9.80 Å². The lowest BCUT2D eigenvalue weighted by Crippen LogP contribution is -2.50. The molecule has 0 aromatic heterocycles. The fourth-order valence-electron chi connectivity index (χ4n) is 2.66. The Morgan fingerprint density at radius 2 is 0.917 bits per heavy atom. The molecular weight excluding hydrogens is 436 g/mol. The molecule has 0 saturated carbocycles. The van der Waals surface area contributed by atoms with E-state index in [1.54, 1.807) is 9.80 Å². The van der Waals surface area contributed by atoms with E-state index in [0.717, 1.165) is 8.95 Å². The largest absolute Gasteiger partial charge is 0.335 e. The fourth-order valence-corrected chi connectivity index (χ4v) is 3.19. The van der Waals surface area contributed by atoms with Gasteiger partial charge in [0.25, 0.3) is 11.8 Å². The van der Waals surface area contributed by atoms with Crippen molar-refractivity contribution in [2.45, 2.75) is 0 Å². The van der Waals surface area contributed by atoms with Crippen LogP contribution in [0.5, 0.6) is 0 Å². The van der Waals surface area contributed by atoms with Crippen LogP contribution in [0, 0.1) is 0 Å². The molecule has 4 nitrogen and oxygen atoms in total. The van der Waals surface area contributed by atoms with Gasteiger partial charge in [-0.25, -0.2) is 0 Å². The van der Waals surface area contributed by atoms with Crippen LogP contribution < -0.4 is 0 Å². The minimum absolute atomic E-state index is 0.0123. The maximum Gasteiger partial charge on any atom is 0.253 e. The van der Waals surface area contributed by atoms with Gasteiger partial charge in [0.2, 0.25) is 0 Å². The monoisotopic (exact) mass is 450 g/mol. The zero-order valence-electron chi connectivity index (χ0n) is 12.9. The Morgan fingerprint density at radius 3 is 1.21 bits per heavy atom.